The van der Waals surface area contributed by atoms with Gasteiger partial charge >= 0.3 is 0 Å². The van der Waals surface area contributed by atoms with Crippen molar-refractivity contribution < 1.29 is 0 Å². The maximum absolute atomic E-state index is 2.46. The quantitative estimate of drug-likeness (QED) is 0.131. The first-order valence-electron chi connectivity index (χ1n) is 24.2. The Morgan fingerprint density at radius 3 is 1.21 bits per heavy atom. The van der Waals surface area contributed by atoms with Crippen LogP contribution >= 0.6 is 0 Å². The van der Waals surface area contributed by atoms with Crippen LogP contribution in [0.5, 0.6) is 0 Å². The van der Waals surface area contributed by atoms with Gasteiger partial charge in [-0.15, -0.1) is 0 Å². The summed E-state index contributed by atoms with van der Waals surface area (Å²) in [6.45, 7) is 0. The van der Waals surface area contributed by atoms with Crippen molar-refractivity contribution in [1.29, 1.82) is 0 Å². The van der Waals surface area contributed by atoms with Crippen LogP contribution in [0.2, 0.25) is 0 Å². The molecule has 0 amide bonds. The van der Waals surface area contributed by atoms with Gasteiger partial charge in [-0.25, -0.2) is 0 Å². The molecule has 0 saturated heterocycles. The summed E-state index contributed by atoms with van der Waals surface area (Å²) in [6.07, 6.45) is 0. The molecule has 0 aliphatic heterocycles. The first-order chi connectivity index (χ1) is 34.7. The molecule has 12 aromatic rings. The van der Waals surface area contributed by atoms with Crippen molar-refractivity contribution in [3.8, 4) is 55.6 Å². The lowest BCUT2D eigenvalue weighted by Crippen LogP contribution is -2.28. The minimum absolute atomic E-state index is 0.516. The van der Waals surface area contributed by atoms with Gasteiger partial charge in [-0.1, -0.05) is 243 Å². The minimum atomic E-state index is -0.516. The van der Waals surface area contributed by atoms with Crippen molar-refractivity contribution in [2.24, 2.45) is 0 Å². The molecule has 0 saturated carbocycles. The van der Waals surface area contributed by atoms with Gasteiger partial charge in [-0.05, 0) is 142 Å². The Kier molecular flexibility index (Phi) is 10.1. The molecule has 70 heavy (non-hydrogen) atoms. The van der Waals surface area contributed by atoms with Crippen LogP contribution in [0, 0.1) is 0 Å². The second-order valence-corrected chi connectivity index (χ2v) is 18.3. The fraction of sp³-hybridized carbons (Fsp3) is 0.0145. The first-order valence-corrected chi connectivity index (χ1v) is 24.2. The van der Waals surface area contributed by atoms with E-state index in [1.807, 2.05) is 0 Å². The van der Waals surface area contributed by atoms with Gasteiger partial charge in [0.15, 0.2) is 0 Å². The largest absolute Gasteiger partial charge is 0.310 e. The first kappa shape index (κ1) is 41.2. The number of hydrogen-bond donors (Lipinski definition) is 0. The molecule has 1 heteroatoms. The van der Waals surface area contributed by atoms with E-state index in [9.17, 15) is 0 Å². The fourth-order valence-corrected chi connectivity index (χ4v) is 11.4. The van der Waals surface area contributed by atoms with Gasteiger partial charge in [0.2, 0.25) is 0 Å². The molecule has 12 aromatic carbocycles. The number of benzene rings is 12. The lowest BCUT2D eigenvalue weighted by Gasteiger charge is -2.35. The van der Waals surface area contributed by atoms with Crippen LogP contribution in [0.4, 0.5) is 17.1 Å². The third kappa shape index (κ3) is 6.78. The summed E-state index contributed by atoms with van der Waals surface area (Å²) < 4.78 is 0. The van der Waals surface area contributed by atoms with Crippen molar-refractivity contribution in [2.45, 2.75) is 5.41 Å². The van der Waals surface area contributed by atoms with Gasteiger partial charge < -0.3 is 4.90 Å². The van der Waals surface area contributed by atoms with E-state index in [4.69, 9.17) is 0 Å². The van der Waals surface area contributed by atoms with Crippen LogP contribution in [0.25, 0.3) is 77.2 Å². The Hall–Kier alpha value is -9.04. The molecule has 1 aliphatic rings. The van der Waals surface area contributed by atoms with Crippen LogP contribution in [0.1, 0.15) is 22.3 Å². The van der Waals surface area contributed by atoms with Crippen molar-refractivity contribution >= 4 is 38.6 Å². The third-order valence-electron chi connectivity index (χ3n) is 14.5. The van der Waals surface area contributed by atoms with Gasteiger partial charge in [0.25, 0.3) is 0 Å². The summed E-state index contributed by atoms with van der Waals surface area (Å²) in [5, 5.41) is 5.01. The maximum atomic E-state index is 2.46. The molecule has 0 aromatic heterocycles. The highest BCUT2D eigenvalue weighted by Crippen LogP contribution is 2.57. The maximum Gasteiger partial charge on any atom is 0.0714 e. The molecule has 0 N–H and O–H groups in total. The average molecular weight is 890 g/mol. The summed E-state index contributed by atoms with van der Waals surface area (Å²) in [4.78, 5) is 2.43. The average Bonchev–Trinajstić information content (AvgIpc) is 3.74. The zero-order chi connectivity index (χ0) is 46.4. The Morgan fingerprint density at radius 2 is 0.629 bits per heavy atom. The van der Waals surface area contributed by atoms with Gasteiger partial charge in [-0.3, -0.25) is 0 Å². The molecule has 0 spiro atoms. The predicted octanol–water partition coefficient (Wildman–Crippen LogP) is 18.5. The number of fused-ring (bicyclic) bond motifs is 6. The SMILES string of the molecule is c1ccc(-c2ccc(N(c3ccc(-c4ccc5c(c4)c(-c4ccccc4)c(-c4ccccc4)c4ccccc45)cc3)c3ccc4c(c3)C(c3ccccc3)(c3ccccc3)c3ccccc3-4)cc2)cc1. The van der Waals surface area contributed by atoms with E-state index in [0.29, 0.717) is 0 Å². The highest BCUT2D eigenvalue weighted by atomic mass is 15.1. The molecule has 0 radical (unpaired) electrons. The molecular weight excluding hydrogens is 843 g/mol. The van der Waals surface area contributed by atoms with Crippen molar-refractivity contribution in [3.63, 3.8) is 0 Å². The third-order valence-corrected chi connectivity index (χ3v) is 14.5. The van der Waals surface area contributed by atoms with Crippen molar-refractivity contribution in [1.82, 2.24) is 0 Å². The van der Waals surface area contributed by atoms with E-state index in [1.54, 1.807) is 0 Å². The highest BCUT2D eigenvalue weighted by molar-refractivity contribution is 6.22. The molecule has 1 nitrogen and oxygen atoms in total. The Bertz CT molecular complexity index is 3790. The van der Waals surface area contributed by atoms with E-state index >= 15 is 0 Å². The fourth-order valence-electron chi connectivity index (χ4n) is 11.4. The van der Waals surface area contributed by atoms with Gasteiger partial charge in [-0.2, -0.15) is 0 Å². The minimum Gasteiger partial charge on any atom is -0.310 e. The summed E-state index contributed by atoms with van der Waals surface area (Å²) in [6, 6.07) is 105. The number of anilines is 3. The van der Waals surface area contributed by atoms with Crippen LogP contribution in [-0.2, 0) is 5.41 Å². The highest BCUT2D eigenvalue weighted by Gasteiger charge is 2.46. The predicted molar refractivity (Wildman–Crippen MR) is 295 cm³/mol. The molecule has 0 heterocycles. The van der Waals surface area contributed by atoms with Crippen molar-refractivity contribution in [2.75, 3.05) is 4.90 Å². The van der Waals surface area contributed by atoms with E-state index in [1.165, 1.54) is 93.9 Å². The second kappa shape index (κ2) is 17.2. The molecule has 328 valence electrons. The zero-order valence-corrected chi connectivity index (χ0v) is 38.6. The lowest BCUT2D eigenvalue weighted by atomic mass is 9.67. The lowest BCUT2D eigenvalue weighted by molar-refractivity contribution is 0.768. The van der Waals surface area contributed by atoms with Crippen molar-refractivity contribution in [3.05, 3.63) is 307 Å². The van der Waals surface area contributed by atoms with Gasteiger partial charge in [0.1, 0.15) is 0 Å². The Balaban J connectivity index is 0.986. The van der Waals surface area contributed by atoms with Gasteiger partial charge in [0, 0.05) is 17.1 Å². The second-order valence-electron chi connectivity index (χ2n) is 18.3. The molecule has 0 bridgehead atoms. The van der Waals surface area contributed by atoms with E-state index in [0.717, 1.165) is 22.6 Å². The molecule has 13 rings (SSSR count). The summed E-state index contributed by atoms with van der Waals surface area (Å²) in [5.41, 5.74) is 20.0. The summed E-state index contributed by atoms with van der Waals surface area (Å²) in [7, 11) is 0. The van der Waals surface area contributed by atoms with E-state index in [2.05, 4.69) is 290 Å². The molecule has 0 unspecified atom stereocenters. The topological polar surface area (TPSA) is 3.24 Å². The number of nitrogens with zero attached hydrogens (tertiary/aromatic N) is 1. The van der Waals surface area contributed by atoms with Crippen LogP contribution in [-0.4, -0.2) is 0 Å². The van der Waals surface area contributed by atoms with Crippen LogP contribution in [0.3, 0.4) is 0 Å². The standard InChI is InChI=1S/C69H47N/c1-6-20-48(21-7-1)49-34-39-56(40-35-49)70(58-43-45-62-61-31-18-19-33-65(61)69(66(62)47-58,54-26-12-4-13-27-54)55-28-14-5-15-29-55)57-41-36-50(37-42-57)53-38-44-60-59-30-16-17-32-63(59)67(51-22-8-2-9-23-51)68(64(60)46-53)52-24-10-3-11-25-52/h1-47H. The molecule has 0 fully saturated rings. The summed E-state index contributed by atoms with van der Waals surface area (Å²) in [5.74, 6) is 0. The summed E-state index contributed by atoms with van der Waals surface area (Å²) >= 11 is 0. The normalized spacial score (nSPS) is 12.4. The number of hydrogen-bond acceptors (Lipinski definition) is 1. The Morgan fingerprint density at radius 1 is 0.229 bits per heavy atom. The Labute approximate surface area is 409 Å². The van der Waals surface area contributed by atoms with Crippen LogP contribution in [0.15, 0.2) is 285 Å². The smallest absolute Gasteiger partial charge is 0.0714 e. The van der Waals surface area contributed by atoms with E-state index < -0.39 is 5.41 Å². The molecular formula is C69H47N. The van der Waals surface area contributed by atoms with Gasteiger partial charge in [0.05, 0.1) is 5.41 Å². The van der Waals surface area contributed by atoms with Crippen LogP contribution < -0.4 is 4.90 Å². The zero-order valence-electron chi connectivity index (χ0n) is 38.6. The molecule has 1 aliphatic carbocycles. The molecule has 0 atom stereocenters. The monoisotopic (exact) mass is 889 g/mol. The number of rotatable bonds is 9. The van der Waals surface area contributed by atoms with E-state index in [-0.39, 0.29) is 0 Å².